The van der Waals surface area contributed by atoms with Crippen LogP contribution in [0.1, 0.15) is 54.8 Å². The van der Waals surface area contributed by atoms with Crippen LogP contribution in [0.4, 0.5) is 0 Å². The van der Waals surface area contributed by atoms with E-state index in [1.807, 2.05) is 72.8 Å². The summed E-state index contributed by atoms with van der Waals surface area (Å²) in [5, 5.41) is 3.07. The second kappa shape index (κ2) is 15.5. The van der Waals surface area contributed by atoms with Gasteiger partial charge in [-0.15, -0.1) is 0 Å². The van der Waals surface area contributed by atoms with Crippen LogP contribution in [0.25, 0.3) is 0 Å². The minimum absolute atomic E-state index is 0.0408. The van der Waals surface area contributed by atoms with Crippen LogP contribution in [-0.2, 0) is 32.7 Å². The Kier molecular flexibility index (Phi) is 11.5. The fraction of sp³-hybridized carbons (Fsp3) is 0.353. The molecule has 1 N–H and O–H groups in total. The Morgan fingerprint density at radius 3 is 2.14 bits per heavy atom. The van der Waals surface area contributed by atoms with Crippen molar-refractivity contribution in [3.63, 3.8) is 0 Å². The topological polar surface area (TPSA) is 96.0 Å². The van der Waals surface area contributed by atoms with E-state index < -0.39 is 28.5 Å². The molecular weight excluding hydrogens is 562 g/mol. The first-order chi connectivity index (χ1) is 20.7. The van der Waals surface area contributed by atoms with Crippen molar-refractivity contribution in [2.45, 2.75) is 51.2 Å². The first kappa shape index (κ1) is 32.0. The summed E-state index contributed by atoms with van der Waals surface area (Å²) >= 11 is 0. The lowest BCUT2D eigenvalue weighted by Crippen LogP contribution is -2.47. The Morgan fingerprint density at radius 2 is 1.53 bits per heavy atom. The molecule has 43 heavy (non-hydrogen) atoms. The van der Waals surface area contributed by atoms with Gasteiger partial charge in [0.2, 0.25) is 21.8 Å². The quantitative estimate of drug-likeness (QED) is 0.255. The second-order valence-electron chi connectivity index (χ2n) is 10.8. The molecule has 8 nitrogen and oxygen atoms in total. The van der Waals surface area contributed by atoms with Crippen molar-refractivity contribution < 1.29 is 22.7 Å². The lowest BCUT2D eigenvalue weighted by Gasteiger charge is -2.33. The summed E-state index contributed by atoms with van der Waals surface area (Å²) in [7, 11) is -2.17. The van der Waals surface area contributed by atoms with Crippen molar-refractivity contribution in [1.82, 2.24) is 14.5 Å². The van der Waals surface area contributed by atoms with E-state index in [1.165, 1.54) is 16.9 Å². The molecule has 1 aliphatic rings. The van der Waals surface area contributed by atoms with Gasteiger partial charge in [0.25, 0.3) is 0 Å². The summed E-state index contributed by atoms with van der Waals surface area (Å²) < 4.78 is 32.1. The molecule has 0 saturated carbocycles. The van der Waals surface area contributed by atoms with E-state index in [4.69, 9.17) is 4.74 Å². The molecular formula is C34H41N3O5S. The molecule has 0 saturated heterocycles. The van der Waals surface area contributed by atoms with Crippen LogP contribution in [-0.4, -0.2) is 55.9 Å². The first-order valence-electron chi connectivity index (χ1n) is 14.7. The van der Waals surface area contributed by atoms with Crippen molar-refractivity contribution in [2.24, 2.45) is 0 Å². The first-order valence-corrected chi connectivity index (χ1v) is 16.5. The Labute approximate surface area is 255 Å². The lowest BCUT2D eigenvalue weighted by molar-refractivity contribution is -0.141. The van der Waals surface area contributed by atoms with Crippen LogP contribution in [0.3, 0.4) is 0 Å². The van der Waals surface area contributed by atoms with Crippen molar-refractivity contribution in [3.05, 3.63) is 113 Å². The fourth-order valence-corrected chi connectivity index (χ4v) is 5.98. The summed E-state index contributed by atoms with van der Waals surface area (Å²) in [5.41, 5.74) is 3.53. The van der Waals surface area contributed by atoms with Gasteiger partial charge in [-0.25, -0.2) is 8.42 Å². The maximum Gasteiger partial charge on any atom is 0.247 e. The van der Waals surface area contributed by atoms with E-state index in [1.54, 1.807) is 19.2 Å². The standard InChI is InChI=1S/C34H41N3O5S/c1-42-31-20-18-29(19-21-31)25-37(32(38)26-36(43(2,40)41)24-28-14-8-4-9-15-28)33(30-16-10-5-11-17-30)34(39)35-23-22-27-12-6-3-7-13-27/h4-5,8-12,14-21,33H,3,6-7,13,22-26H2,1-2H3,(H,35,39)/t33-/m1/s1. The van der Waals surface area contributed by atoms with Gasteiger partial charge in [-0.2, -0.15) is 4.31 Å². The summed E-state index contributed by atoms with van der Waals surface area (Å²) in [6, 6.07) is 24.6. The third kappa shape index (κ3) is 9.53. The van der Waals surface area contributed by atoms with Gasteiger partial charge in [-0.1, -0.05) is 84.4 Å². The van der Waals surface area contributed by atoms with Gasteiger partial charge < -0.3 is 15.0 Å². The Bertz CT molecular complexity index is 1480. The number of hydrogen-bond donors (Lipinski definition) is 1. The predicted molar refractivity (Wildman–Crippen MR) is 169 cm³/mol. The van der Waals surface area contributed by atoms with E-state index >= 15 is 0 Å². The zero-order chi connectivity index (χ0) is 30.7. The number of methoxy groups -OCH3 is 1. The summed E-state index contributed by atoms with van der Waals surface area (Å²) in [4.78, 5) is 29.6. The summed E-state index contributed by atoms with van der Waals surface area (Å²) in [6.07, 6.45) is 8.59. The number of benzene rings is 3. The molecule has 2 amide bonds. The Morgan fingerprint density at radius 1 is 0.884 bits per heavy atom. The molecule has 0 aliphatic heterocycles. The van der Waals surface area contributed by atoms with Gasteiger partial charge in [0.15, 0.2) is 0 Å². The van der Waals surface area contributed by atoms with Gasteiger partial charge in [0, 0.05) is 19.6 Å². The largest absolute Gasteiger partial charge is 0.497 e. The van der Waals surface area contributed by atoms with E-state index in [-0.39, 0.29) is 19.0 Å². The molecule has 3 aromatic carbocycles. The zero-order valence-electron chi connectivity index (χ0n) is 24.9. The third-order valence-corrected chi connectivity index (χ3v) is 8.82. The highest BCUT2D eigenvalue weighted by Gasteiger charge is 2.33. The fourth-order valence-electron chi connectivity index (χ4n) is 5.25. The number of nitrogens with one attached hydrogen (secondary N) is 1. The molecule has 3 aromatic rings. The molecule has 228 valence electrons. The van der Waals surface area contributed by atoms with Gasteiger partial charge in [-0.05, 0) is 60.9 Å². The number of allylic oxidation sites excluding steroid dienone is 1. The SMILES string of the molecule is COc1ccc(CN(C(=O)CN(Cc2ccccc2)S(C)(=O)=O)[C@@H](C(=O)NCCC2=CCCCC2)c2ccccc2)cc1. The van der Waals surface area contributed by atoms with Crippen molar-refractivity contribution in [3.8, 4) is 5.75 Å². The van der Waals surface area contributed by atoms with Crippen LogP contribution < -0.4 is 10.1 Å². The average molecular weight is 604 g/mol. The molecule has 0 spiro atoms. The molecule has 0 heterocycles. The highest BCUT2D eigenvalue weighted by Crippen LogP contribution is 2.26. The lowest BCUT2D eigenvalue weighted by atomic mass is 9.97. The highest BCUT2D eigenvalue weighted by atomic mass is 32.2. The normalized spacial score (nSPS) is 14.1. The number of carbonyl (C=O) groups is 2. The highest BCUT2D eigenvalue weighted by molar-refractivity contribution is 7.88. The second-order valence-corrected chi connectivity index (χ2v) is 12.8. The molecule has 0 radical (unpaired) electrons. The maximum absolute atomic E-state index is 14.2. The monoisotopic (exact) mass is 603 g/mol. The molecule has 0 aromatic heterocycles. The minimum atomic E-state index is -3.75. The van der Waals surface area contributed by atoms with Crippen molar-refractivity contribution >= 4 is 21.8 Å². The summed E-state index contributed by atoms with van der Waals surface area (Å²) in [6.45, 7) is 0.193. The number of rotatable bonds is 14. The third-order valence-electron chi connectivity index (χ3n) is 7.62. The number of hydrogen-bond acceptors (Lipinski definition) is 5. The van der Waals surface area contributed by atoms with Crippen molar-refractivity contribution in [2.75, 3.05) is 26.5 Å². The van der Waals surface area contributed by atoms with Gasteiger partial charge in [-0.3, -0.25) is 9.59 Å². The van der Waals surface area contributed by atoms with Gasteiger partial charge in [0.05, 0.1) is 19.9 Å². The van der Waals surface area contributed by atoms with Crippen LogP contribution in [0.2, 0.25) is 0 Å². The summed E-state index contributed by atoms with van der Waals surface area (Å²) in [5.74, 6) is -0.114. The average Bonchev–Trinajstić information content (AvgIpc) is 3.02. The van der Waals surface area contributed by atoms with Gasteiger partial charge >= 0.3 is 0 Å². The van der Waals surface area contributed by atoms with Crippen molar-refractivity contribution in [1.29, 1.82) is 0 Å². The number of ether oxygens (including phenoxy) is 1. The molecule has 0 fully saturated rings. The van der Waals surface area contributed by atoms with Crippen LogP contribution in [0, 0.1) is 0 Å². The van der Waals surface area contributed by atoms with E-state index in [2.05, 4.69) is 11.4 Å². The van der Waals surface area contributed by atoms with Gasteiger partial charge in [0.1, 0.15) is 11.8 Å². The predicted octanol–water partition coefficient (Wildman–Crippen LogP) is 5.23. The Hall–Kier alpha value is -3.95. The Balaban J connectivity index is 1.65. The molecule has 4 rings (SSSR count). The zero-order valence-corrected chi connectivity index (χ0v) is 25.8. The van der Waals surface area contributed by atoms with E-state index in [0.717, 1.165) is 47.4 Å². The number of sulfonamides is 1. The number of carbonyl (C=O) groups excluding carboxylic acids is 2. The molecule has 0 unspecified atom stereocenters. The minimum Gasteiger partial charge on any atom is -0.497 e. The van der Waals surface area contributed by atoms with Crippen LogP contribution in [0.5, 0.6) is 5.75 Å². The van der Waals surface area contributed by atoms with E-state index in [9.17, 15) is 18.0 Å². The van der Waals surface area contributed by atoms with E-state index in [0.29, 0.717) is 17.9 Å². The number of amides is 2. The smallest absolute Gasteiger partial charge is 0.247 e. The molecule has 0 bridgehead atoms. The van der Waals surface area contributed by atoms with Crippen LogP contribution in [0.15, 0.2) is 96.6 Å². The molecule has 1 aliphatic carbocycles. The van der Waals surface area contributed by atoms with Crippen LogP contribution >= 0.6 is 0 Å². The molecule has 9 heteroatoms. The molecule has 1 atom stereocenters. The maximum atomic E-state index is 14.2. The number of nitrogens with zero attached hydrogens (tertiary/aromatic N) is 2.